The van der Waals surface area contributed by atoms with Gasteiger partial charge < -0.3 is 5.32 Å². The Hall–Kier alpha value is -3.12. The van der Waals surface area contributed by atoms with Gasteiger partial charge in [0.15, 0.2) is 0 Å². The fraction of sp³-hybridized carbons (Fsp3) is 0.174. The summed E-state index contributed by atoms with van der Waals surface area (Å²) < 4.78 is 27.9. The second-order valence-corrected chi connectivity index (χ2v) is 8.83. The summed E-state index contributed by atoms with van der Waals surface area (Å²) >= 11 is 0. The minimum absolute atomic E-state index is 0.167. The number of benzene rings is 3. The first-order valence-corrected chi connectivity index (χ1v) is 10.8. The van der Waals surface area contributed by atoms with Crippen molar-refractivity contribution >= 4 is 27.3 Å². The Balaban J connectivity index is 1.87. The third-order valence-corrected chi connectivity index (χ3v) is 6.01. The third kappa shape index (κ3) is 4.84. The molecule has 150 valence electrons. The van der Waals surface area contributed by atoms with Crippen molar-refractivity contribution in [3.8, 4) is 0 Å². The number of amides is 1. The van der Waals surface area contributed by atoms with Gasteiger partial charge >= 0.3 is 0 Å². The summed E-state index contributed by atoms with van der Waals surface area (Å²) in [6.45, 7) is 5.92. The number of para-hydroxylation sites is 1. The summed E-state index contributed by atoms with van der Waals surface area (Å²) in [7, 11) is -3.74. The summed E-state index contributed by atoms with van der Waals surface area (Å²) in [6, 6.07) is 20.8. The average Bonchev–Trinajstić information content (AvgIpc) is 2.70. The lowest BCUT2D eigenvalue weighted by molar-refractivity contribution is 0.102. The van der Waals surface area contributed by atoms with Crippen molar-refractivity contribution in [3.05, 3.63) is 89.5 Å². The first kappa shape index (κ1) is 20.6. The fourth-order valence-electron chi connectivity index (χ4n) is 2.99. The highest BCUT2D eigenvalue weighted by Gasteiger charge is 2.17. The second-order valence-electron chi connectivity index (χ2n) is 7.14. The lowest BCUT2D eigenvalue weighted by atomic mass is 10.0. The molecule has 0 heterocycles. The van der Waals surface area contributed by atoms with Crippen LogP contribution in [0.3, 0.4) is 0 Å². The number of carbonyl (C=O) groups is 1. The number of sulfonamides is 1. The van der Waals surface area contributed by atoms with Crippen LogP contribution >= 0.6 is 0 Å². The van der Waals surface area contributed by atoms with Crippen molar-refractivity contribution in [1.82, 2.24) is 0 Å². The summed E-state index contributed by atoms with van der Waals surface area (Å²) in [5.41, 5.74) is 3.26. The average molecular weight is 409 g/mol. The SMILES string of the molecule is Cc1ccc(C(=O)Nc2ccccc2C(C)C)cc1NS(=O)(=O)c1ccccc1. The Morgan fingerprint density at radius 1 is 0.862 bits per heavy atom. The smallest absolute Gasteiger partial charge is 0.261 e. The van der Waals surface area contributed by atoms with Crippen LogP contribution in [0, 0.1) is 6.92 Å². The van der Waals surface area contributed by atoms with Gasteiger partial charge in [0.05, 0.1) is 10.6 Å². The predicted octanol–water partition coefficient (Wildman–Crippen LogP) is 5.17. The monoisotopic (exact) mass is 408 g/mol. The number of hydrogen-bond donors (Lipinski definition) is 2. The zero-order valence-corrected chi connectivity index (χ0v) is 17.5. The number of aryl methyl sites for hydroxylation is 1. The summed E-state index contributed by atoms with van der Waals surface area (Å²) in [5, 5.41) is 2.93. The molecule has 0 spiro atoms. The number of anilines is 2. The molecule has 0 bridgehead atoms. The van der Waals surface area contributed by atoms with E-state index < -0.39 is 10.0 Å². The summed E-state index contributed by atoms with van der Waals surface area (Å²) in [5.74, 6) is -0.0315. The van der Waals surface area contributed by atoms with E-state index in [2.05, 4.69) is 23.9 Å². The highest BCUT2D eigenvalue weighted by atomic mass is 32.2. The Bertz CT molecular complexity index is 1120. The van der Waals surface area contributed by atoms with Crippen molar-refractivity contribution in [1.29, 1.82) is 0 Å². The largest absolute Gasteiger partial charge is 0.322 e. The molecule has 0 aliphatic carbocycles. The molecule has 0 aromatic heterocycles. The molecular formula is C23H24N2O3S. The molecule has 29 heavy (non-hydrogen) atoms. The van der Waals surface area contributed by atoms with E-state index in [1.54, 1.807) is 43.3 Å². The first-order valence-electron chi connectivity index (χ1n) is 9.37. The molecule has 3 aromatic rings. The molecular weight excluding hydrogens is 384 g/mol. The van der Waals surface area contributed by atoms with Crippen LogP contribution in [0.4, 0.5) is 11.4 Å². The quantitative estimate of drug-likeness (QED) is 0.591. The van der Waals surface area contributed by atoms with Crippen molar-refractivity contribution in [2.45, 2.75) is 31.6 Å². The number of hydrogen-bond acceptors (Lipinski definition) is 3. The van der Waals surface area contributed by atoms with Gasteiger partial charge in [-0.2, -0.15) is 0 Å². The Kier molecular flexibility index (Phi) is 6.03. The number of carbonyl (C=O) groups excluding carboxylic acids is 1. The lowest BCUT2D eigenvalue weighted by Crippen LogP contribution is -2.16. The Morgan fingerprint density at radius 2 is 1.52 bits per heavy atom. The summed E-state index contributed by atoms with van der Waals surface area (Å²) in [6.07, 6.45) is 0. The van der Waals surface area contributed by atoms with E-state index in [-0.39, 0.29) is 16.7 Å². The molecule has 3 rings (SSSR count). The van der Waals surface area contributed by atoms with E-state index in [1.807, 2.05) is 24.3 Å². The summed E-state index contributed by atoms with van der Waals surface area (Å²) in [4.78, 5) is 13.0. The van der Waals surface area contributed by atoms with Crippen LogP contribution in [0.25, 0.3) is 0 Å². The maximum atomic E-state index is 12.8. The standard InChI is InChI=1S/C23H24N2O3S/c1-16(2)20-11-7-8-12-21(20)24-23(26)18-14-13-17(3)22(15-18)25-29(27,28)19-9-5-4-6-10-19/h4-16,25H,1-3H3,(H,24,26). The minimum Gasteiger partial charge on any atom is -0.322 e. The van der Waals surface area contributed by atoms with E-state index >= 15 is 0 Å². The highest BCUT2D eigenvalue weighted by molar-refractivity contribution is 7.92. The molecule has 0 saturated heterocycles. The molecule has 5 nitrogen and oxygen atoms in total. The number of rotatable bonds is 6. The third-order valence-electron chi connectivity index (χ3n) is 4.63. The van der Waals surface area contributed by atoms with Gasteiger partial charge in [0.25, 0.3) is 15.9 Å². The van der Waals surface area contributed by atoms with Crippen LogP contribution in [0.15, 0.2) is 77.7 Å². The van der Waals surface area contributed by atoms with Gasteiger partial charge in [-0.3, -0.25) is 9.52 Å². The Morgan fingerprint density at radius 3 is 2.21 bits per heavy atom. The van der Waals surface area contributed by atoms with Crippen LogP contribution in [-0.2, 0) is 10.0 Å². The molecule has 0 radical (unpaired) electrons. The molecule has 0 fully saturated rings. The molecule has 2 N–H and O–H groups in total. The molecule has 3 aromatic carbocycles. The minimum atomic E-state index is -3.74. The molecule has 0 atom stereocenters. The van der Waals surface area contributed by atoms with Crippen LogP contribution < -0.4 is 10.0 Å². The van der Waals surface area contributed by atoms with E-state index in [1.165, 1.54) is 12.1 Å². The van der Waals surface area contributed by atoms with E-state index in [9.17, 15) is 13.2 Å². The van der Waals surface area contributed by atoms with Crippen LogP contribution in [0.2, 0.25) is 0 Å². The van der Waals surface area contributed by atoms with E-state index in [0.29, 0.717) is 11.3 Å². The van der Waals surface area contributed by atoms with Gasteiger partial charge in [-0.25, -0.2) is 8.42 Å². The van der Waals surface area contributed by atoms with Crippen molar-refractivity contribution < 1.29 is 13.2 Å². The van der Waals surface area contributed by atoms with Gasteiger partial charge in [-0.05, 0) is 54.3 Å². The topological polar surface area (TPSA) is 75.3 Å². The first-order chi connectivity index (χ1) is 13.8. The second kappa shape index (κ2) is 8.49. The molecule has 0 unspecified atom stereocenters. The van der Waals surface area contributed by atoms with Crippen LogP contribution in [0.1, 0.15) is 41.3 Å². The Labute approximate surface area is 171 Å². The van der Waals surface area contributed by atoms with Crippen LogP contribution in [-0.4, -0.2) is 14.3 Å². The zero-order chi connectivity index (χ0) is 21.0. The normalized spacial score (nSPS) is 11.3. The molecule has 0 saturated carbocycles. The zero-order valence-electron chi connectivity index (χ0n) is 16.6. The van der Waals surface area contributed by atoms with Gasteiger partial charge in [-0.1, -0.05) is 56.3 Å². The molecule has 6 heteroatoms. The maximum Gasteiger partial charge on any atom is 0.261 e. The van der Waals surface area contributed by atoms with Gasteiger partial charge in [0.1, 0.15) is 0 Å². The van der Waals surface area contributed by atoms with E-state index in [4.69, 9.17) is 0 Å². The van der Waals surface area contributed by atoms with Gasteiger partial charge in [0, 0.05) is 11.3 Å². The highest BCUT2D eigenvalue weighted by Crippen LogP contribution is 2.25. The number of nitrogens with one attached hydrogen (secondary N) is 2. The maximum absolute atomic E-state index is 12.8. The predicted molar refractivity (Wildman–Crippen MR) is 117 cm³/mol. The van der Waals surface area contributed by atoms with E-state index in [0.717, 1.165) is 16.8 Å². The van der Waals surface area contributed by atoms with Gasteiger partial charge in [-0.15, -0.1) is 0 Å². The van der Waals surface area contributed by atoms with Crippen LogP contribution in [0.5, 0.6) is 0 Å². The lowest BCUT2D eigenvalue weighted by Gasteiger charge is -2.15. The van der Waals surface area contributed by atoms with Gasteiger partial charge in [0.2, 0.25) is 0 Å². The van der Waals surface area contributed by atoms with Crippen molar-refractivity contribution in [2.24, 2.45) is 0 Å². The fourth-order valence-corrected chi connectivity index (χ4v) is 4.13. The van der Waals surface area contributed by atoms with Crippen molar-refractivity contribution in [3.63, 3.8) is 0 Å². The molecule has 1 amide bonds. The molecule has 0 aliphatic heterocycles. The molecule has 0 aliphatic rings. The van der Waals surface area contributed by atoms with Crippen molar-refractivity contribution in [2.75, 3.05) is 10.0 Å².